The highest BCUT2D eigenvalue weighted by atomic mass is 16.3. The second-order valence-electron chi connectivity index (χ2n) is 9.07. The topological polar surface area (TPSA) is 73.1 Å². The summed E-state index contributed by atoms with van der Waals surface area (Å²) in [6.07, 6.45) is 11.4. The lowest BCUT2D eigenvalue weighted by Crippen LogP contribution is -2.54. The molecule has 7 nitrogen and oxygen atoms in total. The molecule has 0 radical (unpaired) electrons. The number of rotatable bonds is 5. The molecule has 29 heavy (non-hydrogen) atoms. The molecule has 1 aliphatic carbocycles. The molecule has 2 aliphatic heterocycles. The number of aliphatic hydroxyl groups excluding tert-OH is 1. The van der Waals surface area contributed by atoms with Crippen LogP contribution in [0.4, 0.5) is 5.69 Å². The molecule has 1 saturated carbocycles. The Kier molecular flexibility index (Phi) is 5.18. The molecule has 2 N–H and O–H groups in total. The van der Waals surface area contributed by atoms with Crippen LogP contribution in [0.3, 0.4) is 0 Å². The van der Waals surface area contributed by atoms with Gasteiger partial charge in [-0.25, -0.2) is 4.52 Å². The molecule has 2 aromatic heterocycles. The van der Waals surface area contributed by atoms with Crippen LogP contribution in [0.2, 0.25) is 0 Å². The maximum absolute atomic E-state index is 11.5. The van der Waals surface area contributed by atoms with Crippen molar-refractivity contribution in [2.75, 3.05) is 31.1 Å². The van der Waals surface area contributed by atoms with Gasteiger partial charge in [-0.2, -0.15) is 5.10 Å². The number of aromatic nitrogens is 2. The summed E-state index contributed by atoms with van der Waals surface area (Å²) in [6, 6.07) is 4.34. The Balaban J connectivity index is 1.22. The van der Waals surface area contributed by atoms with Gasteiger partial charge in [0.1, 0.15) is 0 Å². The molecule has 1 unspecified atom stereocenters. The average Bonchev–Trinajstić information content (AvgIpc) is 3.10. The Bertz CT molecular complexity index is 869. The molecule has 2 aromatic rings. The monoisotopic (exact) mass is 397 g/mol. The summed E-state index contributed by atoms with van der Waals surface area (Å²) < 4.78 is 1.85. The Morgan fingerprint density at radius 1 is 1.17 bits per heavy atom. The molecule has 1 atom stereocenters. The number of pyridine rings is 1. The van der Waals surface area contributed by atoms with Gasteiger partial charge in [-0.15, -0.1) is 0 Å². The van der Waals surface area contributed by atoms with E-state index in [4.69, 9.17) is 0 Å². The van der Waals surface area contributed by atoms with Crippen LogP contribution in [0, 0.1) is 11.8 Å². The molecule has 3 aliphatic rings. The summed E-state index contributed by atoms with van der Waals surface area (Å²) in [6.45, 7) is 4.22. The van der Waals surface area contributed by atoms with Crippen LogP contribution in [0.15, 0.2) is 24.5 Å². The second kappa shape index (κ2) is 7.95. The van der Waals surface area contributed by atoms with Crippen molar-refractivity contribution in [2.45, 2.75) is 51.3 Å². The minimum absolute atomic E-state index is 0.117. The first-order valence-electron chi connectivity index (χ1n) is 11.1. The van der Waals surface area contributed by atoms with Gasteiger partial charge in [0.2, 0.25) is 12.3 Å². The summed E-state index contributed by atoms with van der Waals surface area (Å²) >= 11 is 0. The molecule has 0 spiro atoms. The fourth-order valence-corrected chi connectivity index (χ4v) is 5.27. The van der Waals surface area contributed by atoms with Gasteiger partial charge in [0.15, 0.2) is 0 Å². The molecular formula is C22H31N5O2. The van der Waals surface area contributed by atoms with Crippen molar-refractivity contribution in [3.63, 3.8) is 0 Å². The molecule has 156 valence electrons. The highest BCUT2D eigenvalue weighted by Gasteiger charge is 2.30. The van der Waals surface area contributed by atoms with E-state index in [9.17, 15) is 9.90 Å². The average molecular weight is 398 g/mol. The van der Waals surface area contributed by atoms with Crippen LogP contribution in [-0.2, 0) is 11.2 Å². The zero-order valence-corrected chi connectivity index (χ0v) is 17.0. The molecule has 1 amide bonds. The van der Waals surface area contributed by atoms with Crippen LogP contribution in [-0.4, -0.2) is 58.1 Å². The maximum Gasteiger partial charge on any atom is 0.225 e. The Hall–Kier alpha value is -2.12. The van der Waals surface area contributed by atoms with Crippen molar-refractivity contribution in [3.8, 4) is 0 Å². The lowest BCUT2D eigenvalue weighted by molar-refractivity contribution is -0.125. The van der Waals surface area contributed by atoms with E-state index in [0.717, 1.165) is 29.5 Å². The quantitative estimate of drug-likeness (QED) is 0.807. The minimum Gasteiger partial charge on any atom is -0.356 e. The summed E-state index contributed by atoms with van der Waals surface area (Å²) in [7, 11) is 0. The van der Waals surface area contributed by atoms with Crippen molar-refractivity contribution in [1.29, 1.82) is 0 Å². The number of hydrogen-bond acceptors (Lipinski definition) is 5. The molecule has 2 saturated heterocycles. The third-order valence-electron chi connectivity index (χ3n) is 6.84. The standard InChI is InChI=1S/C22H31N5O2/c28-21-7-8-26(22(29)24-21)20-12-23-27-9-6-17(11-19(20)27)10-18-14-25(15-18)13-16-4-2-1-3-5-16/h6,9,11-12,16,18,22,29H,1-5,7-8,10,13-15H2,(H,24,28). The Morgan fingerprint density at radius 3 is 2.79 bits per heavy atom. The molecule has 0 bridgehead atoms. The number of amides is 1. The maximum atomic E-state index is 11.5. The van der Waals surface area contributed by atoms with E-state index in [1.807, 2.05) is 15.6 Å². The van der Waals surface area contributed by atoms with E-state index in [1.54, 1.807) is 6.20 Å². The number of anilines is 1. The first-order chi connectivity index (χ1) is 14.2. The Labute approximate surface area is 171 Å². The predicted octanol–water partition coefficient (Wildman–Crippen LogP) is 1.99. The van der Waals surface area contributed by atoms with E-state index < -0.39 is 6.35 Å². The highest BCUT2D eigenvalue weighted by molar-refractivity contribution is 5.81. The van der Waals surface area contributed by atoms with Crippen LogP contribution in [0.5, 0.6) is 0 Å². The minimum atomic E-state index is -0.993. The first-order valence-corrected chi connectivity index (χ1v) is 11.1. The van der Waals surface area contributed by atoms with Crippen molar-refractivity contribution < 1.29 is 9.90 Å². The summed E-state index contributed by atoms with van der Waals surface area (Å²) in [5.41, 5.74) is 3.17. The number of carbonyl (C=O) groups is 1. The van der Waals surface area contributed by atoms with Crippen LogP contribution >= 0.6 is 0 Å². The summed E-state index contributed by atoms with van der Waals surface area (Å²) in [5.74, 6) is 1.54. The number of aliphatic hydroxyl groups is 1. The molecule has 5 rings (SSSR count). The van der Waals surface area contributed by atoms with Gasteiger partial charge >= 0.3 is 0 Å². The van der Waals surface area contributed by atoms with Crippen molar-refractivity contribution in [3.05, 3.63) is 30.1 Å². The molecule has 0 aromatic carbocycles. The van der Waals surface area contributed by atoms with Gasteiger partial charge < -0.3 is 20.2 Å². The number of likely N-dealkylation sites (tertiary alicyclic amines) is 1. The van der Waals surface area contributed by atoms with Gasteiger partial charge in [-0.05, 0) is 48.8 Å². The van der Waals surface area contributed by atoms with Gasteiger partial charge in [0, 0.05) is 38.8 Å². The van der Waals surface area contributed by atoms with Gasteiger partial charge in [0.05, 0.1) is 17.4 Å². The highest BCUT2D eigenvalue weighted by Crippen LogP contribution is 2.30. The van der Waals surface area contributed by atoms with Crippen LogP contribution < -0.4 is 10.2 Å². The normalized spacial score (nSPS) is 24.7. The molecular weight excluding hydrogens is 366 g/mol. The van der Waals surface area contributed by atoms with Crippen molar-refractivity contribution in [2.24, 2.45) is 11.8 Å². The fraction of sp³-hybridized carbons (Fsp3) is 0.636. The first kappa shape index (κ1) is 18.9. The summed E-state index contributed by atoms with van der Waals surface area (Å²) in [4.78, 5) is 15.9. The lowest BCUT2D eigenvalue weighted by Gasteiger charge is -2.42. The van der Waals surface area contributed by atoms with Crippen molar-refractivity contribution >= 4 is 17.1 Å². The lowest BCUT2D eigenvalue weighted by atomic mass is 9.86. The molecule has 7 heteroatoms. The zero-order chi connectivity index (χ0) is 19.8. The van der Waals surface area contributed by atoms with Gasteiger partial charge in [0.25, 0.3) is 0 Å². The van der Waals surface area contributed by atoms with Gasteiger partial charge in [-0.3, -0.25) is 4.79 Å². The van der Waals surface area contributed by atoms with Crippen LogP contribution in [0.1, 0.15) is 44.1 Å². The van der Waals surface area contributed by atoms with E-state index >= 15 is 0 Å². The predicted molar refractivity (Wildman–Crippen MR) is 112 cm³/mol. The van der Waals surface area contributed by atoms with Gasteiger partial charge in [-0.1, -0.05) is 19.3 Å². The smallest absolute Gasteiger partial charge is 0.225 e. The summed E-state index contributed by atoms with van der Waals surface area (Å²) in [5, 5.41) is 17.3. The second-order valence-corrected chi connectivity index (χ2v) is 9.07. The number of carbonyl (C=O) groups excluding carboxylic acids is 1. The van der Waals surface area contributed by atoms with E-state index in [2.05, 4.69) is 27.4 Å². The fourth-order valence-electron chi connectivity index (χ4n) is 5.27. The SMILES string of the molecule is O=C1CCN(c2cnn3ccc(CC4CN(CC5CCCCC5)C4)cc23)C(O)N1. The number of nitrogens with one attached hydrogen (secondary N) is 1. The van der Waals surface area contributed by atoms with Crippen LogP contribution in [0.25, 0.3) is 5.52 Å². The zero-order valence-electron chi connectivity index (χ0n) is 17.0. The third-order valence-corrected chi connectivity index (χ3v) is 6.84. The number of hydrogen-bond donors (Lipinski definition) is 2. The van der Waals surface area contributed by atoms with E-state index in [-0.39, 0.29) is 5.91 Å². The number of fused-ring (bicyclic) bond motifs is 1. The molecule has 4 heterocycles. The number of nitrogens with zero attached hydrogens (tertiary/aromatic N) is 4. The van der Waals surface area contributed by atoms with E-state index in [1.165, 1.54) is 57.3 Å². The third kappa shape index (κ3) is 3.98. The molecule has 3 fully saturated rings. The Morgan fingerprint density at radius 2 is 2.00 bits per heavy atom. The van der Waals surface area contributed by atoms with Crippen molar-refractivity contribution in [1.82, 2.24) is 19.8 Å². The van der Waals surface area contributed by atoms with E-state index in [0.29, 0.717) is 13.0 Å². The largest absolute Gasteiger partial charge is 0.356 e.